The molecular formula is C22H24N4O. The lowest BCUT2D eigenvalue weighted by Gasteiger charge is -2.39. The maximum atomic E-state index is 11.2. The molecule has 0 bridgehead atoms. The van der Waals surface area contributed by atoms with Crippen LogP contribution in [0.5, 0.6) is 0 Å². The summed E-state index contributed by atoms with van der Waals surface area (Å²) in [5.41, 5.74) is 3.36. The molecule has 5 nitrogen and oxygen atoms in total. The van der Waals surface area contributed by atoms with Crippen LogP contribution in [0.2, 0.25) is 0 Å². The summed E-state index contributed by atoms with van der Waals surface area (Å²) in [6.07, 6.45) is 4.92. The van der Waals surface area contributed by atoms with Crippen molar-refractivity contribution >= 4 is 5.82 Å². The van der Waals surface area contributed by atoms with Crippen LogP contribution in [0.1, 0.15) is 29.8 Å². The van der Waals surface area contributed by atoms with Gasteiger partial charge in [-0.1, -0.05) is 24.3 Å². The van der Waals surface area contributed by atoms with E-state index < -0.39 is 5.60 Å². The highest BCUT2D eigenvalue weighted by atomic mass is 16.3. The number of pyridine rings is 1. The number of aliphatic hydroxyl groups is 1. The molecule has 5 heteroatoms. The minimum absolute atomic E-state index is 0.686. The van der Waals surface area contributed by atoms with Gasteiger partial charge >= 0.3 is 0 Å². The Morgan fingerprint density at radius 1 is 0.963 bits per heavy atom. The fourth-order valence-corrected chi connectivity index (χ4v) is 3.85. The molecule has 0 saturated carbocycles. The molecule has 27 heavy (non-hydrogen) atoms. The lowest BCUT2D eigenvalue weighted by molar-refractivity contribution is 0.0111. The number of nitrogens with zero attached hydrogens (tertiary/aromatic N) is 4. The van der Waals surface area contributed by atoms with Crippen molar-refractivity contribution in [2.45, 2.75) is 32.3 Å². The number of hydrogen-bond acceptors (Lipinski definition) is 5. The maximum absolute atomic E-state index is 11.2. The van der Waals surface area contributed by atoms with Crippen LogP contribution in [-0.2, 0) is 5.60 Å². The Kier molecular flexibility index (Phi) is 4.62. The molecule has 0 amide bonds. The van der Waals surface area contributed by atoms with Gasteiger partial charge in [-0.2, -0.15) is 0 Å². The van der Waals surface area contributed by atoms with Crippen LogP contribution in [0.25, 0.3) is 11.3 Å². The van der Waals surface area contributed by atoms with E-state index in [1.54, 1.807) is 12.4 Å². The van der Waals surface area contributed by atoms with Gasteiger partial charge in [-0.05, 0) is 49.9 Å². The second-order valence-electron chi connectivity index (χ2n) is 7.23. The molecule has 138 valence electrons. The lowest BCUT2D eigenvalue weighted by atomic mass is 9.82. The third-order valence-electron chi connectivity index (χ3n) is 5.36. The molecule has 1 saturated heterocycles. The van der Waals surface area contributed by atoms with Crippen molar-refractivity contribution in [1.29, 1.82) is 0 Å². The minimum Gasteiger partial charge on any atom is -0.385 e. The molecule has 1 fully saturated rings. The topological polar surface area (TPSA) is 62.1 Å². The third kappa shape index (κ3) is 3.55. The third-order valence-corrected chi connectivity index (χ3v) is 5.36. The molecule has 2 aromatic heterocycles. The highest BCUT2D eigenvalue weighted by molar-refractivity contribution is 5.62. The molecule has 3 aromatic rings. The summed E-state index contributed by atoms with van der Waals surface area (Å²) in [7, 11) is 0. The molecule has 0 radical (unpaired) electrons. The van der Waals surface area contributed by atoms with Gasteiger partial charge < -0.3 is 10.0 Å². The Morgan fingerprint density at radius 2 is 1.67 bits per heavy atom. The molecule has 0 unspecified atom stereocenters. The van der Waals surface area contributed by atoms with Gasteiger partial charge in [0.25, 0.3) is 0 Å². The summed E-state index contributed by atoms with van der Waals surface area (Å²) in [6, 6.07) is 14.1. The van der Waals surface area contributed by atoms with Crippen LogP contribution in [-0.4, -0.2) is 33.1 Å². The van der Waals surface area contributed by atoms with Gasteiger partial charge in [0.05, 0.1) is 11.3 Å². The number of rotatable bonds is 3. The Morgan fingerprint density at radius 3 is 2.37 bits per heavy atom. The van der Waals surface area contributed by atoms with E-state index in [0.717, 1.165) is 47.1 Å². The largest absolute Gasteiger partial charge is 0.385 e. The first-order valence-corrected chi connectivity index (χ1v) is 9.35. The summed E-state index contributed by atoms with van der Waals surface area (Å²) >= 11 is 0. The molecular weight excluding hydrogens is 336 g/mol. The molecule has 3 heterocycles. The molecule has 1 N–H and O–H groups in total. The van der Waals surface area contributed by atoms with Gasteiger partial charge in [0.15, 0.2) is 0 Å². The summed E-state index contributed by atoms with van der Waals surface area (Å²) < 4.78 is 0. The summed E-state index contributed by atoms with van der Waals surface area (Å²) in [4.78, 5) is 15.5. The lowest BCUT2D eigenvalue weighted by Crippen LogP contribution is -2.43. The standard InChI is InChI=1S/C22H24N4O/c1-16-5-3-4-6-19(16)22(27)9-13-26(14-10-22)21-15-20(24-17(2)25-21)18-7-11-23-12-8-18/h3-8,11-12,15,27H,9-10,13-14H2,1-2H3. The normalized spacial score (nSPS) is 16.3. The number of aryl methyl sites for hydroxylation is 2. The average molecular weight is 360 g/mol. The molecule has 1 aromatic carbocycles. The van der Waals surface area contributed by atoms with Crippen LogP contribution < -0.4 is 4.90 Å². The van der Waals surface area contributed by atoms with Crippen molar-refractivity contribution in [3.05, 3.63) is 71.8 Å². The van der Waals surface area contributed by atoms with Crippen molar-refractivity contribution in [1.82, 2.24) is 15.0 Å². The fraction of sp³-hybridized carbons (Fsp3) is 0.318. The fourth-order valence-electron chi connectivity index (χ4n) is 3.85. The van der Waals surface area contributed by atoms with Crippen molar-refractivity contribution in [3.63, 3.8) is 0 Å². The van der Waals surface area contributed by atoms with Crippen molar-refractivity contribution < 1.29 is 5.11 Å². The van der Waals surface area contributed by atoms with Crippen LogP contribution in [0.4, 0.5) is 5.82 Å². The van der Waals surface area contributed by atoms with E-state index in [1.165, 1.54) is 0 Å². The van der Waals surface area contributed by atoms with Crippen LogP contribution >= 0.6 is 0 Å². The van der Waals surface area contributed by atoms with E-state index in [-0.39, 0.29) is 0 Å². The first kappa shape index (κ1) is 17.6. The molecule has 1 aliphatic heterocycles. The SMILES string of the molecule is Cc1nc(-c2ccncc2)cc(N2CCC(O)(c3ccccc3C)CC2)n1. The second-order valence-corrected chi connectivity index (χ2v) is 7.23. The number of piperidine rings is 1. The second kappa shape index (κ2) is 7.08. The number of benzene rings is 1. The number of hydrogen-bond donors (Lipinski definition) is 1. The average Bonchev–Trinajstić information content (AvgIpc) is 2.69. The Labute approximate surface area is 159 Å². The summed E-state index contributed by atoms with van der Waals surface area (Å²) in [5, 5.41) is 11.2. The van der Waals surface area contributed by atoms with E-state index in [2.05, 4.69) is 32.8 Å². The smallest absolute Gasteiger partial charge is 0.132 e. The van der Waals surface area contributed by atoms with Gasteiger partial charge in [-0.3, -0.25) is 4.98 Å². The van der Waals surface area contributed by atoms with Crippen molar-refractivity contribution in [2.24, 2.45) is 0 Å². The van der Waals surface area contributed by atoms with Crippen molar-refractivity contribution in [3.8, 4) is 11.3 Å². The van der Waals surface area contributed by atoms with Gasteiger partial charge in [0, 0.05) is 37.1 Å². The molecule has 0 aliphatic carbocycles. The summed E-state index contributed by atoms with van der Waals surface area (Å²) in [6.45, 7) is 5.50. The maximum Gasteiger partial charge on any atom is 0.132 e. The van der Waals surface area contributed by atoms with Gasteiger partial charge in [0.1, 0.15) is 11.6 Å². The Bertz CT molecular complexity index is 934. The zero-order valence-electron chi connectivity index (χ0n) is 15.8. The van der Waals surface area contributed by atoms with Crippen LogP contribution in [0.3, 0.4) is 0 Å². The van der Waals surface area contributed by atoms with Crippen LogP contribution in [0, 0.1) is 13.8 Å². The predicted molar refractivity (Wildman–Crippen MR) is 107 cm³/mol. The van der Waals surface area contributed by atoms with Crippen molar-refractivity contribution in [2.75, 3.05) is 18.0 Å². The highest BCUT2D eigenvalue weighted by Gasteiger charge is 2.35. The Balaban J connectivity index is 1.57. The van der Waals surface area contributed by atoms with E-state index in [1.807, 2.05) is 43.3 Å². The minimum atomic E-state index is -0.766. The first-order chi connectivity index (χ1) is 13.0. The van der Waals surface area contributed by atoms with E-state index >= 15 is 0 Å². The number of anilines is 1. The van der Waals surface area contributed by atoms with Gasteiger partial charge in [0.2, 0.25) is 0 Å². The quantitative estimate of drug-likeness (QED) is 0.773. The molecule has 0 spiro atoms. The van der Waals surface area contributed by atoms with E-state index in [4.69, 9.17) is 0 Å². The predicted octanol–water partition coefficient (Wildman–Crippen LogP) is 3.64. The van der Waals surface area contributed by atoms with Gasteiger partial charge in [-0.15, -0.1) is 0 Å². The molecule has 0 atom stereocenters. The van der Waals surface area contributed by atoms with E-state index in [0.29, 0.717) is 12.8 Å². The monoisotopic (exact) mass is 360 g/mol. The zero-order chi connectivity index (χ0) is 18.9. The number of aromatic nitrogens is 3. The first-order valence-electron chi connectivity index (χ1n) is 9.35. The highest BCUT2D eigenvalue weighted by Crippen LogP contribution is 2.36. The molecule has 4 rings (SSSR count). The van der Waals surface area contributed by atoms with E-state index in [9.17, 15) is 5.11 Å². The zero-order valence-corrected chi connectivity index (χ0v) is 15.8. The van der Waals surface area contributed by atoms with Gasteiger partial charge in [-0.25, -0.2) is 9.97 Å². The Hall–Kier alpha value is -2.79. The molecule has 1 aliphatic rings. The van der Waals surface area contributed by atoms with Crippen LogP contribution in [0.15, 0.2) is 54.9 Å². The summed E-state index contributed by atoms with van der Waals surface area (Å²) in [5.74, 6) is 1.67.